The Kier molecular flexibility index (Phi) is 5.17. The molecule has 20 heavy (non-hydrogen) atoms. The maximum Gasteiger partial charge on any atom is 0.329 e. The van der Waals surface area contributed by atoms with Crippen LogP contribution in [0.1, 0.15) is 31.5 Å². The summed E-state index contributed by atoms with van der Waals surface area (Å²) in [6.07, 6.45) is 5.28. The smallest absolute Gasteiger partial charge is 0.329 e. The molecule has 2 heterocycles. The fourth-order valence-corrected chi connectivity index (χ4v) is 3.21. The van der Waals surface area contributed by atoms with Gasteiger partial charge in [0.05, 0.1) is 0 Å². The number of nitrogens with zero attached hydrogens (tertiary/aromatic N) is 2. The number of imidazole rings is 1. The zero-order valence-corrected chi connectivity index (χ0v) is 13.1. The first-order valence-electron chi connectivity index (χ1n) is 6.79. The average molecular weight is 346 g/mol. The van der Waals surface area contributed by atoms with Crippen molar-refractivity contribution in [2.75, 3.05) is 19.7 Å². The van der Waals surface area contributed by atoms with Crippen molar-refractivity contribution in [3.8, 4) is 0 Å². The molecule has 0 spiro atoms. The number of carboxylic acids is 1. The molecule has 1 aliphatic heterocycles. The number of rotatable bonds is 4. The number of aliphatic carboxylic acids is 1. The number of ether oxygens (including phenoxy) is 1. The minimum absolute atomic E-state index is 0.294. The molecular formula is C13H20BrN3O3. The fraction of sp³-hybridized carbons (Fsp3) is 0.692. The van der Waals surface area contributed by atoms with Crippen LogP contribution < -0.4 is 5.32 Å². The fourth-order valence-electron chi connectivity index (χ4n) is 2.73. The summed E-state index contributed by atoms with van der Waals surface area (Å²) in [4.78, 5) is 15.4. The van der Waals surface area contributed by atoms with E-state index in [2.05, 4.69) is 26.2 Å². The maximum absolute atomic E-state index is 10.9. The topological polar surface area (TPSA) is 76.4 Å². The second kappa shape index (κ2) is 6.69. The number of hydrogen-bond acceptors (Lipinski definition) is 4. The van der Waals surface area contributed by atoms with Crippen molar-refractivity contribution in [2.45, 2.75) is 31.3 Å². The molecule has 0 saturated carbocycles. The van der Waals surface area contributed by atoms with E-state index in [4.69, 9.17) is 9.84 Å². The number of hydrogen-bond donors (Lipinski definition) is 2. The number of nitrogens with one attached hydrogen (secondary N) is 1. The molecule has 112 valence electrons. The highest BCUT2D eigenvalue weighted by Gasteiger charge is 2.38. The molecule has 1 aromatic heterocycles. The summed E-state index contributed by atoms with van der Waals surface area (Å²) in [5, 5.41) is 12.3. The molecule has 1 fully saturated rings. The van der Waals surface area contributed by atoms with Gasteiger partial charge in [0.25, 0.3) is 0 Å². The van der Waals surface area contributed by atoms with Crippen molar-refractivity contribution < 1.29 is 14.6 Å². The Hall–Kier alpha value is -0.920. The van der Waals surface area contributed by atoms with Gasteiger partial charge in [0, 0.05) is 13.2 Å². The minimum atomic E-state index is -0.946. The first-order chi connectivity index (χ1) is 9.53. The normalized spacial score (nSPS) is 19.3. The van der Waals surface area contributed by atoms with Crippen LogP contribution in [0, 0.1) is 0 Å². The molecule has 2 N–H and O–H groups in total. The van der Waals surface area contributed by atoms with Gasteiger partial charge in [0.2, 0.25) is 0 Å². The van der Waals surface area contributed by atoms with Crippen LogP contribution in [-0.4, -0.2) is 40.3 Å². The molecule has 1 saturated heterocycles. The van der Waals surface area contributed by atoms with E-state index < -0.39 is 11.6 Å². The Morgan fingerprint density at radius 3 is 2.70 bits per heavy atom. The summed E-state index contributed by atoms with van der Waals surface area (Å²) in [7, 11) is 1.91. The lowest BCUT2D eigenvalue weighted by Crippen LogP contribution is -2.38. The van der Waals surface area contributed by atoms with Crippen molar-refractivity contribution in [1.29, 1.82) is 0 Å². The van der Waals surface area contributed by atoms with Gasteiger partial charge in [-0.05, 0) is 54.7 Å². The van der Waals surface area contributed by atoms with E-state index in [0.29, 0.717) is 0 Å². The van der Waals surface area contributed by atoms with E-state index >= 15 is 0 Å². The Bertz CT molecular complexity index is 467. The zero-order valence-electron chi connectivity index (χ0n) is 11.6. The number of aryl methyl sites for hydroxylation is 1. The van der Waals surface area contributed by atoms with Gasteiger partial charge in [-0.2, -0.15) is 0 Å². The van der Waals surface area contributed by atoms with Crippen LogP contribution in [0.2, 0.25) is 0 Å². The van der Waals surface area contributed by atoms with E-state index in [1.807, 2.05) is 17.8 Å². The molecular weight excluding hydrogens is 326 g/mol. The summed E-state index contributed by atoms with van der Waals surface area (Å²) in [6.45, 7) is 1.55. The van der Waals surface area contributed by atoms with Crippen LogP contribution in [0.4, 0.5) is 0 Å². The molecule has 0 atom stereocenters. The highest BCUT2D eigenvalue weighted by molar-refractivity contribution is 9.10. The first-order valence-corrected chi connectivity index (χ1v) is 7.59. The summed E-state index contributed by atoms with van der Waals surface area (Å²) >= 11 is 3.37. The van der Waals surface area contributed by atoms with Gasteiger partial charge < -0.3 is 19.7 Å². The van der Waals surface area contributed by atoms with Crippen LogP contribution >= 0.6 is 15.9 Å². The number of aromatic nitrogens is 2. The average Bonchev–Trinajstić information content (AvgIpc) is 2.68. The van der Waals surface area contributed by atoms with Gasteiger partial charge in [-0.1, -0.05) is 0 Å². The van der Waals surface area contributed by atoms with Crippen molar-refractivity contribution >= 4 is 21.9 Å². The lowest BCUT2D eigenvalue weighted by atomic mass is 9.89. The molecule has 0 bridgehead atoms. The predicted octanol–water partition coefficient (Wildman–Crippen LogP) is 1.64. The Morgan fingerprint density at radius 1 is 1.55 bits per heavy atom. The second-order valence-electron chi connectivity index (χ2n) is 5.13. The predicted molar refractivity (Wildman–Crippen MR) is 77.5 cm³/mol. The summed E-state index contributed by atoms with van der Waals surface area (Å²) in [5.74, 6) is -0.148. The van der Waals surface area contributed by atoms with E-state index in [9.17, 15) is 4.79 Å². The summed E-state index contributed by atoms with van der Waals surface area (Å²) < 4.78 is 8.48. The number of carbonyl (C=O) groups is 1. The molecule has 2 rings (SSSR count). The number of carboxylic acid groups (broad SMARTS) is 1. The molecule has 7 heteroatoms. The minimum Gasteiger partial charge on any atom is -0.480 e. The van der Waals surface area contributed by atoms with Crippen LogP contribution in [0.25, 0.3) is 0 Å². The van der Waals surface area contributed by atoms with Gasteiger partial charge in [0.1, 0.15) is 22.6 Å². The summed E-state index contributed by atoms with van der Waals surface area (Å²) in [5.41, 5.74) is -0.610. The monoisotopic (exact) mass is 345 g/mol. The second-order valence-corrected chi connectivity index (χ2v) is 5.94. The van der Waals surface area contributed by atoms with E-state index in [-0.39, 0.29) is 6.61 Å². The van der Waals surface area contributed by atoms with Crippen molar-refractivity contribution in [3.05, 3.63) is 16.6 Å². The highest BCUT2D eigenvalue weighted by Crippen LogP contribution is 2.36. The Balaban J connectivity index is 2.30. The van der Waals surface area contributed by atoms with Gasteiger partial charge in [0.15, 0.2) is 0 Å². The zero-order chi connectivity index (χ0) is 14.6. The molecule has 6 nitrogen and oxygen atoms in total. The quantitative estimate of drug-likeness (QED) is 0.867. The molecule has 1 aromatic rings. The Morgan fingerprint density at radius 2 is 2.20 bits per heavy atom. The lowest BCUT2D eigenvalue weighted by molar-refractivity contribution is -0.153. The van der Waals surface area contributed by atoms with Crippen molar-refractivity contribution in [3.63, 3.8) is 0 Å². The van der Waals surface area contributed by atoms with Crippen molar-refractivity contribution in [1.82, 2.24) is 14.9 Å². The summed E-state index contributed by atoms with van der Waals surface area (Å²) in [6, 6.07) is 0. The van der Waals surface area contributed by atoms with Crippen LogP contribution in [0.15, 0.2) is 10.8 Å². The third kappa shape index (κ3) is 3.59. The largest absolute Gasteiger partial charge is 0.480 e. The molecule has 1 aliphatic rings. The van der Waals surface area contributed by atoms with Crippen molar-refractivity contribution in [2.24, 2.45) is 7.05 Å². The maximum atomic E-state index is 10.9. The number of halogens is 1. The Labute approximate surface area is 126 Å². The van der Waals surface area contributed by atoms with Gasteiger partial charge >= 0.3 is 5.97 Å². The van der Waals surface area contributed by atoms with Crippen LogP contribution in [0.5, 0.6) is 0 Å². The van der Waals surface area contributed by atoms with Crippen LogP contribution in [-0.2, 0) is 22.2 Å². The SMILES string of the molecule is Cn1cc(Br)nc1C1(OCC(=O)O)CCCNCCC1. The molecule has 0 aromatic carbocycles. The van der Waals surface area contributed by atoms with E-state index in [1.54, 1.807) is 0 Å². The third-order valence-corrected chi connectivity index (χ3v) is 3.98. The van der Waals surface area contributed by atoms with E-state index in [0.717, 1.165) is 49.2 Å². The highest BCUT2D eigenvalue weighted by atomic mass is 79.9. The standard InChI is InChI=1S/C13H20BrN3O3/c1-17-8-10(14)16-12(17)13(20-9-11(18)19)4-2-6-15-7-3-5-13/h8,15H,2-7,9H2,1H3,(H,18,19). The molecule has 0 aliphatic carbocycles. The molecule has 0 unspecified atom stereocenters. The third-order valence-electron chi connectivity index (χ3n) is 3.59. The van der Waals surface area contributed by atoms with Crippen LogP contribution in [0.3, 0.4) is 0 Å². The van der Waals surface area contributed by atoms with E-state index in [1.165, 1.54) is 0 Å². The molecule has 0 radical (unpaired) electrons. The molecule has 0 amide bonds. The van der Waals surface area contributed by atoms with Gasteiger partial charge in [-0.15, -0.1) is 0 Å². The van der Waals surface area contributed by atoms with Gasteiger partial charge in [-0.25, -0.2) is 9.78 Å². The lowest BCUT2D eigenvalue weighted by Gasteiger charge is -2.34. The van der Waals surface area contributed by atoms with Gasteiger partial charge in [-0.3, -0.25) is 0 Å². The first kappa shape index (κ1) is 15.5.